The largest absolute Gasteiger partial charge is 1.00 e. The fourth-order valence-electron chi connectivity index (χ4n) is 0.208. The molecule has 0 saturated carbocycles. The van der Waals surface area contributed by atoms with Gasteiger partial charge in [0, 0.05) is 0 Å². The van der Waals surface area contributed by atoms with Gasteiger partial charge >= 0.3 is 29.6 Å². The molecule has 0 aliphatic heterocycles. The Hall–Kier alpha value is 0.890. The van der Waals surface area contributed by atoms with Gasteiger partial charge in [-0.25, -0.2) is 0 Å². The first kappa shape index (κ1) is 11.7. The Balaban J connectivity index is 0. The van der Waals surface area contributed by atoms with Gasteiger partial charge in [-0.3, -0.25) is 5.50 Å². The van der Waals surface area contributed by atoms with Crippen LogP contribution in [0.25, 0.3) is 0 Å². The van der Waals surface area contributed by atoms with Crippen LogP contribution in [0.15, 0.2) is 11.9 Å². The Morgan fingerprint density at radius 3 is 2.12 bits per heavy atom. The van der Waals surface area contributed by atoms with Crippen molar-refractivity contribution in [2.45, 2.75) is 6.92 Å². The third kappa shape index (κ3) is 10.00. The van der Waals surface area contributed by atoms with Gasteiger partial charge in [0.2, 0.25) is 0 Å². The summed E-state index contributed by atoms with van der Waals surface area (Å²) in [5, 5.41) is 0. The van der Waals surface area contributed by atoms with E-state index in [-0.39, 0.29) is 29.6 Å². The maximum absolute atomic E-state index is 9.95. The van der Waals surface area contributed by atoms with E-state index in [0.717, 1.165) is 5.82 Å². The van der Waals surface area contributed by atoms with Crippen LogP contribution in [-0.4, -0.2) is 0 Å². The van der Waals surface area contributed by atoms with Crippen LogP contribution in [0, 0.1) is 0 Å². The molecule has 0 fully saturated rings. The summed E-state index contributed by atoms with van der Waals surface area (Å²) < 4.78 is 9.95. The van der Waals surface area contributed by atoms with Gasteiger partial charge in [0.15, 0.2) is 0 Å². The van der Waals surface area contributed by atoms with Crippen LogP contribution >= 0.6 is 7.52 Å². The molecule has 0 amide bonds. The summed E-state index contributed by atoms with van der Waals surface area (Å²) in [6, 6.07) is 0. The standard InChI is InChI=1S/C3H8NO2P.Na/c1-2-3-7(4,5)6;/h2-3H,1H3,(H3,4,5,6);/q;+1/p-1. The van der Waals surface area contributed by atoms with Crippen molar-refractivity contribution in [3.05, 3.63) is 11.9 Å². The number of hydrogen-bond acceptors (Lipinski definition) is 2. The zero-order chi connectivity index (χ0) is 5.91. The number of hydrogen-bond donors (Lipinski definition) is 1. The molecule has 0 aliphatic rings. The number of allylic oxidation sites excluding steroid dienone is 1. The second-order valence-electron chi connectivity index (χ2n) is 1.13. The van der Waals surface area contributed by atoms with E-state index in [0.29, 0.717) is 0 Å². The van der Waals surface area contributed by atoms with Gasteiger partial charge in [0.05, 0.1) is 7.52 Å². The molecule has 1 unspecified atom stereocenters. The second-order valence-corrected chi connectivity index (χ2v) is 2.72. The molecule has 5 heteroatoms. The van der Waals surface area contributed by atoms with Crippen LogP contribution in [0.3, 0.4) is 0 Å². The number of rotatable bonds is 1. The van der Waals surface area contributed by atoms with E-state index >= 15 is 0 Å². The first-order valence-corrected chi connectivity index (χ1v) is 3.56. The predicted octanol–water partition coefficient (Wildman–Crippen LogP) is -2.96. The average molecular weight is 143 g/mol. The Bertz CT molecular complexity index is 118. The third-order valence-corrected chi connectivity index (χ3v) is 1.07. The Kier molecular flexibility index (Phi) is 6.91. The fraction of sp³-hybridized carbons (Fsp3) is 0.333. The topological polar surface area (TPSA) is 66.2 Å². The van der Waals surface area contributed by atoms with E-state index in [1.807, 2.05) is 0 Å². The van der Waals surface area contributed by atoms with E-state index in [1.54, 1.807) is 6.92 Å². The van der Waals surface area contributed by atoms with Gasteiger partial charge in [-0.05, 0) is 12.7 Å². The van der Waals surface area contributed by atoms with Gasteiger partial charge in [-0.2, -0.15) is 0 Å². The molecule has 0 aromatic carbocycles. The molecule has 0 bridgehead atoms. The summed E-state index contributed by atoms with van der Waals surface area (Å²) in [4.78, 5) is 9.95. The summed E-state index contributed by atoms with van der Waals surface area (Å²) in [5.41, 5.74) is 4.56. The molecule has 0 rings (SSSR count). The van der Waals surface area contributed by atoms with Crippen LogP contribution in [-0.2, 0) is 4.57 Å². The first-order valence-electron chi connectivity index (χ1n) is 1.79. The van der Waals surface area contributed by atoms with Crippen LogP contribution in [0.4, 0.5) is 0 Å². The molecule has 3 nitrogen and oxygen atoms in total. The van der Waals surface area contributed by atoms with Crippen LogP contribution in [0.5, 0.6) is 0 Å². The smallest absolute Gasteiger partial charge is 0.785 e. The maximum atomic E-state index is 9.95. The molecule has 8 heavy (non-hydrogen) atoms. The van der Waals surface area contributed by atoms with Gasteiger partial charge in [0.25, 0.3) is 0 Å². The summed E-state index contributed by atoms with van der Waals surface area (Å²) in [6.45, 7) is 1.59. The average Bonchev–Trinajstić information content (AvgIpc) is 1.30. The summed E-state index contributed by atoms with van der Waals surface area (Å²) in [5.74, 6) is 0.965. The summed E-state index contributed by atoms with van der Waals surface area (Å²) in [6.07, 6.45) is 1.38. The van der Waals surface area contributed by atoms with Crippen molar-refractivity contribution in [2.24, 2.45) is 5.50 Å². The second kappa shape index (κ2) is 4.74. The quantitative estimate of drug-likeness (QED) is 0.315. The van der Waals surface area contributed by atoms with Crippen molar-refractivity contribution < 1.29 is 39.0 Å². The van der Waals surface area contributed by atoms with Crippen molar-refractivity contribution in [2.75, 3.05) is 0 Å². The van der Waals surface area contributed by atoms with Crippen molar-refractivity contribution >= 4 is 7.52 Å². The van der Waals surface area contributed by atoms with Gasteiger partial charge in [0.1, 0.15) is 0 Å². The fourth-order valence-corrected chi connectivity index (χ4v) is 0.623. The minimum absolute atomic E-state index is 0. The molecule has 0 saturated heterocycles. The Morgan fingerprint density at radius 1 is 1.75 bits per heavy atom. The van der Waals surface area contributed by atoms with Gasteiger partial charge in [-0.1, -0.05) is 6.08 Å². The minimum Gasteiger partial charge on any atom is -0.785 e. The van der Waals surface area contributed by atoms with E-state index in [1.165, 1.54) is 6.08 Å². The molecule has 0 spiro atoms. The van der Waals surface area contributed by atoms with Crippen LogP contribution in [0.2, 0.25) is 0 Å². The minimum atomic E-state index is -3.60. The number of nitrogens with two attached hydrogens (primary N) is 1. The summed E-state index contributed by atoms with van der Waals surface area (Å²) >= 11 is 0. The first-order chi connectivity index (χ1) is 3.06. The van der Waals surface area contributed by atoms with E-state index in [2.05, 4.69) is 5.50 Å². The normalized spacial score (nSPS) is 17.4. The van der Waals surface area contributed by atoms with Crippen molar-refractivity contribution in [1.29, 1.82) is 0 Å². The zero-order valence-electron chi connectivity index (χ0n) is 5.00. The van der Waals surface area contributed by atoms with Crippen LogP contribution in [0.1, 0.15) is 6.92 Å². The molecule has 1 atom stereocenters. The Morgan fingerprint density at radius 2 is 2.12 bits per heavy atom. The third-order valence-electron chi connectivity index (χ3n) is 0.357. The predicted molar refractivity (Wildman–Crippen MR) is 26.6 cm³/mol. The van der Waals surface area contributed by atoms with Gasteiger partial charge in [-0.15, -0.1) is 0 Å². The SMILES string of the molecule is CC=CP(N)(=O)[O-].[Na+]. The van der Waals surface area contributed by atoms with Crippen molar-refractivity contribution in [3.8, 4) is 0 Å². The molecule has 2 N–H and O–H groups in total. The van der Waals surface area contributed by atoms with E-state index in [4.69, 9.17) is 0 Å². The monoisotopic (exact) mass is 143 g/mol. The maximum Gasteiger partial charge on any atom is 1.00 e. The molecule has 0 heterocycles. The zero-order valence-corrected chi connectivity index (χ0v) is 7.89. The van der Waals surface area contributed by atoms with Crippen molar-refractivity contribution in [3.63, 3.8) is 0 Å². The molecular formula is C3H7NNaO2P. The molecule has 0 aromatic rings. The molecular weight excluding hydrogens is 136 g/mol. The molecule has 0 aliphatic carbocycles. The summed E-state index contributed by atoms with van der Waals surface area (Å²) in [7, 11) is -3.60. The molecule has 0 aromatic heterocycles. The van der Waals surface area contributed by atoms with Crippen molar-refractivity contribution in [1.82, 2.24) is 0 Å². The van der Waals surface area contributed by atoms with Gasteiger partial charge < -0.3 is 9.46 Å². The van der Waals surface area contributed by atoms with E-state index in [9.17, 15) is 9.46 Å². The molecule has 0 radical (unpaired) electrons. The molecule has 42 valence electrons. The Labute approximate surface area is 70.8 Å². The van der Waals surface area contributed by atoms with Crippen LogP contribution < -0.4 is 40.0 Å². The van der Waals surface area contributed by atoms with E-state index < -0.39 is 7.52 Å².